The molecular formula is C41H35F3I2N6O2. The second kappa shape index (κ2) is 15.0. The summed E-state index contributed by atoms with van der Waals surface area (Å²) < 4.78 is 57.6. The number of benzene rings is 2. The minimum absolute atomic E-state index is 0.0955. The molecule has 2 aromatic carbocycles. The molecular weight excluding hydrogens is 919 g/mol. The van der Waals surface area contributed by atoms with Crippen LogP contribution in [0.15, 0.2) is 100 Å². The number of pyridine rings is 2. The normalized spacial score (nSPS) is 12.9. The molecule has 8 nitrogen and oxygen atoms in total. The maximum absolute atomic E-state index is 14.0. The van der Waals surface area contributed by atoms with E-state index in [0.717, 1.165) is 48.3 Å². The van der Waals surface area contributed by atoms with Crippen molar-refractivity contribution in [1.82, 2.24) is 29.4 Å². The van der Waals surface area contributed by atoms with Crippen molar-refractivity contribution in [2.75, 3.05) is 0 Å². The highest BCUT2D eigenvalue weighted by Gasteiger charge is 2.40. The maximum Gasteiger partial charge on any atom is 0.432 e. The molecule has 0 saturated carbocycles. The lowest BCUT2D eigenvalue weighted by Gasteiger charge is -2.21. The summed E-state index contributed by atoms with van der Waals surface area (Å²) in [5, 5.41) is 8.02. The lowest BCUT2D eigenvalue weighted by atomic mass is 10.1. The molecule has 6 heterocycles. The Hall–Kier alpha value is -4.51. The van der Waals surface area contributed by atoms with E-state index in [1.807, 2.05) is 56.4 Å². The number of hydrogen-bond acceptors (Lipinski definition) is 6. The van der Waals surface area contributed by atoms with Gasteiger partial charge < -0.3 is 18.2 Å². The van der Waals surface area contributed by atoms with E-state index in [2.05, 4.69) is 85.9 Å². The minimum Gasteiger partial charge on any atom is -0.361 e. The molecule has 0 N–H and O–H groups in total. The van der Waals surface area contributed by atoms with Gasteiger partial charge in [-0.3, -0.25) is 9.97 Å². The van der Waals surface area contributed by atoms with Gasteiger partial charge in [0.2, 0.25) is 0 Å². The van der Waals surface area contributed by atoms with Crippen LogP contribution < -0.4 is 0 Å². The summed E-state index contributed by atoms with van der Waals surface area (Å²) >= 11 is 4.10. The first-order chi connectivity index (χ1) is 25.8. The molecule has 6 aromatic heterocycles. The van der Waals surface area contributed by atoms with Gasteiger partial charge in [0.05, 0.1) is 41.6 Å². The van der Waals surface area contributed by atoms with E-state index in [1.165, 1.54) is 10.1 Å². The monoisotopic (exact) mass is 954 g/mol. The van der Waals surface area contributed by atoms with Gasteiger partial charge in [-0.25, -0.2) is 0 Å². The number of aryl methyl sites for hydroxylation is 4. The van der Waals surface area contributed by atoms with E-state index in [-0.39, 0.29) is 9.61 Å². The third kappa shape index (κ3) is 6.95. The molecule has 0 radical (unpaired) electrons. The number of hydrogen-bond donors (Lipinski definition) is 0. The largest absolute Gasteiger partial charge is 0.432 e. The second-order valence-corrected chi connectivity index (χ2v) is 15.4. The van der Waals surface area contributed by atoms with Crippen molar-refractivity contribution in [2.45, 2.75) is 59.8 Å². The van der Waals surface area contributed by atoms with E-state index in [4.69, 9.17) is 14.0 Å². The molecule has 0 aliphatic carbocycles. The summed E-state index contributed by atoms with van der Waals surface area (Å²) in [6, 6.07) is 23.3. The molecule has 0 saturated heterocycles. The van der Waals surface area contributed by atoms with Crippen LogP contribution in [-0.4, -0.2) is 29.4 Å². The third-order valence-electron chi connectivity index (χ3n) is 9.69. The fourth-order valence-electron chi connectivity index (χ4n) is 7.05. The Balaban J connectivity index is 0.000000168. The highest BCUT2D eigenvalue weighted by Crippen LogP contribution is 2.42. The van der Waals surface area contributed by atoms with E-state index < -0.39 is 17.9 Å². The fourth-order valence-corrected chi connectivity index (χ4v) is 8.75. The van der Waals surface area contributed by atoms with Gasteiger partial charge in [0.1, 0.15) is 28.2 Å². The first-order valence-electron chi connectivity index (χ1n) is 17.1. The van der Waals surface area contributed by atoms with Crippen LogP contribution in [-0.2, 0) is 6.18 Å². The average molecular weight is 955 g/mol. The first kappa shape index (κ1) is 37.8. The molecule has 0 bridgehead atoms. The Kier molecular flexibility index (Phi) is 10.5. The van der Waals surface area contributed by atoms with Gasteiger partial charge in [0.15, 0.2) is 0 Å². The molecule has 0 aliphatic heterocycles. The zero-order valence-corrected chi connectivity index (χ0v) is 34.5. The molecule has 8 aromatic rings. The number of nitrogens with zero attached hydrogens (tertiary/aromatic N) is 6. The molecule has 0 spiro atoms. The van der Waals surface area contributed by atoms with Crippen molar-refractivity contribution in [3.63, 3.8) is 0 Å². The van der Waals surface area contributed by atoms with Crippen LogP contribution in [0.25, 0.3) is 44.3 Å². The number of fused-ring (bicyclic) bond motifs is 2. The topological polar surface area (TPSA) is 87.7 Å². The van der Waals surface area contributed by atoms with Crippen LogP contribution in [0, 0.1) is 34.8 Å². The second-order valence-electron chi connectivity index (χ2n) is 13.2. The maximum atomic E-state index is 14.0. The molecule has 13 heteroatoms. The molecule has 8 rings (SSSR count). The number of rotatable bonds is 6. The summed E-state index contributed by atoms with van der Waals surface area (Å²) in [6.45, 7) is 11.5. The van der Waals surface area contributed by atoms with E-state index in [0.29, 0.717) is 28.1 Å². The summed E-state index contributed by atoms with van der Waals surface area (Å²) in [6.07, 6.45) is 1.15. The van der Waals surface area contributed by atoms with Crippen molar-refractivity contribution in [3.8, 4) is 22.3 Å². The van der Waals surface area contributed by atoms with Gasteiger partial charge in [0, 0.05) is 40.8 Å². The first-order valence-corrected chi connectivity index (χ1v) is 19.3. The highest BCUT2D eigenvalue weighted by atomic mass is 127. The summed E-state index contributed by atoms with van der Waals surface area (Å²) in [7, 11) is 0. The van der Waals surface area contributed by atoms with Crippen molar-refractivity contribution in [1.29, 1.82) is 0 Å². The molecule has 0 amide bonds. The average Bonchev–Trinajstić information content (AvgIpc) is 3.88. The Morgan fingerprint density at radius 2 is 1.15 bits per heavy atom. The van der Waals surface area contributed by atoms with Gasteiger partial charge >= 0.3 is 6.18 Å². The van der Waals surface area contributed by atoms with E-state index in [9.17, 15) is 13.2 Å². The molecule has 0 fully saturated rings. The lowest BCUT2D eigenvalue weighted by Crippen LogP contribution is -2.18. The van der Waals surface area contributed by atoms with Gasteiger partial charge in [-0.1, -0.05) is 71.0 Å². The highest BCUT2D eigenvalue weighted by molar-refractivity contribution is 14.1. The quantitative estimate of drug-likeness (QED) is 0.154. The van der Waals surface area contributed by atoms with Crippen LogP contribution in [0.2, 0.25) is 0 Å². The zero-order valence-electron chi connectivity index (χ0n) is 30.2. The van der Waals surface area contributed by atoms with E-state index in [1.54, 1.807) is 55.6 Å². The Bertz CT molecular complexity index is 2570. The molecule has 2 atom stereocenters. The molecule has 54 heavy (non-hydrogen) atoms. The smallest absolute Gasteiger partial charge is 0.361 e. The number of halogens is 5. The van der Waals surface area contributed by atoms with Crippen molar-refractivity contribution >= 4 is 67.2 Å². The number of aromatic nitrogens is 6. The summed E-state index contributed by atoms with van der Waals surface area (Å²) in [5.41, 5.74) is 9.35. The Morgan fingerprint density at radius 3 is 1.63 bits per heavy atom. The van der Waals surface area contributed by atoms with Crippen LogP contribution in [0.5, 0.6) is 0 Å². The standard InChI is InChI=1S/C21H17F3IN3O.C20H18IN3O/c1-11-17(13(3)29-27-11)15-9-16-19(26-10-15)18(25)20(21(22,23)24)28(16)12(2)14-7-5-4-6-8-14;1-12-19(14(3)25-23-12)16-9-18-20(22-10-16)17(21)11-24(18)13(2)15-7-5-4-6-8-15/h4-10,12H,1-3H3;4-11,13H,1-3H3. The SMILES string of the molecule is Cc1noc(C)c1-c1cnc2c(I)c(C(F)(F)F)n(C(C)c3ccccc3)c2c1.Cc1noc(C)c1-c1cnc2c(I)cn(C(C)c3ccccc3)c2c1. The van der Waals surface area contributed by atoms with Crippen LogP contribution in [0.1, 0.15) is 65.7 Å². The van der Waals surface area contributed by atoms with Crippen LogP contribution in [0.3, 0.4) is 0 Å². The van der Waals surface area contributed by atoms with Crippen molar-refractivity contribution in [2.24, 2.45) is 0 Å². The van der Waals surface area contributed by atoms with Gasteiger partial charge in [-0.2, -0.15) is 13.2 Å². The molecule has 276 valence electrons. The van der Waals surface area contributed by atoms with E-state index >= 15 is 0 Å². The van der Waals surface area contributed by atoms with Gasteiger partial charge in [-0.15, -0.1) is 0 Å². The third-order valence-corrected chi connectivity index (χ3v) is 11.5. The zero-order chi connectivity index (χ0) is 38.5. The Morgan fingerprint density at radius 1 is 0.667 bits per heavy atom. The summed E-state index contributed by atoms with van der Waals surface area (Å²) in [4.78, 5) is 9.11. The molecule has 2 unspecified atom stereocenters. The minimum atomic E-state index is -4.51. The Labute approximate surface area is 337 Å². The predicted molar refractivity (Wildman–Crippen MR) is 220 cm³/mol. The summed E-state index contributed by atoms with van der Waals surface area (Å²) in [5.74, 6) is 1.42. The fraction of sp³-hybridized carbons (Fsp3) is 0.220. The van der Waals surface area contributed by atoms with Gasteiger partial charge in [-0.05, 0) is 110 Å². The lowest BCUT2D eigenvalue weighted by molar-refractivity contribution is -0.144. The predicted octanol–water partition coefficient (Wildman–Crippen LogP) is 12.1. The van der Waals surface area contributed by atoms with Crippen LogP contribution in [0.4, 0.5) is 13.2 Å². The van der Waals surface area contributed by atoms with Crippen molar-refractivity contribution in [3.05, 3.63) is 138 Å². The van der Waals surface area contributed by atoms with Gasteiger partial charge in [0.25, 0.3) is 0 Å². The molecule has 0 aliphatic rings. The van der Waals surface area contributed by atoms with Crippen molar-refractivity contribution < 1.29 is 22.2 Å². The van der Waals surface area contributed by atoms with Crippen LogP contribution >= 0.6 is 45.2 Å². The number of alkyl halides is 3.